The fourth-order valence-electron chi connectivity index (χ4n) is 3.83. The maximum atomic E-state index is 13.0. The minimum atomic E-state index is -3.04. The summed E-state index contributed by atoms with van der Waals surface area (Å²) in [5, 5.41) is 2.87. The molecule has 1 aliphatic carbocycles. The summed E-state index contributed by atoms with van der Waals surface area (Å²) in [5.74, 6) is 0.587. The Morgan fingerprint density at radius 3 is 2.45 bits per heavy atom. The van der Waals surface area contributed by atoms with Crippen LogP contribution in [0.25, 0.3) is 0 Å². The van der Waals surface area contributed by atoms with E-state index in [4.69, 9.17) is 4.74 Å². The summed E-state index contributed by atoms with van der Waals surface area (Å²) in [4.78, 5) is 0. The normalized spacial score (nSPS) is 33.2. The lowest BCUT2D eigenvalue weighted by atomic mass is 9.83. The fourth-order valence-corrected chi connectivity index (χ4v) is 6.44. The second-order valence-electron chi connectivity index (χ2n) is 6.30. The molecule has 0 aromatic heterocycles. The molecule has 20 heavy (non-hydrogen) atoms. The van der Waals surface area contributed by atoms with E-state index in [0.29, 0.717) is 32.0 Å². The predicted octanol–water partition coefficient (Wildman–Crippen LogP) is 2.14. The number of sulfone groups is 1. The van der Waals surface area contributed by atoms with Crippen LogP contribution in [0.2, 0.25) is 0 Å². The summed E-state index contributed by atoms with van der Waals surface area (Å²) < 4.78 is 31.2. The molecule has 0 bridgehead atoms. The zero-order chi connectivity index (χ0) is 14.6. The second kappa shape index (κ2) is 7.23. The Kier molecular flexibility index (Phi) is 5.87. The Labute approximate surface area is 123 Å². The summed E-state index contributed by atoms with van der Waals surface area (Å²) in [5.41, 5.74) is 0. The van der Waals surface area contributed by atoms with Gasteiger partial charge in [0, 0.05) is 19.3 Å². The van der Waals surface area contributed by atoms with Crippen LogP contribution in [-0.4, -0.2) is 45.2 Å². The molecule has 3 unspecified atom stereocenters. The number of hydrogen-bond acceptors (Lipinski definition) is 4. The van der Waals surface area contributed by atoms with Crippen LogP contribution in [0.5, 0.6) is 0 Å². The molecular formula is C15H29NO3S. The number of nitrogens with one attached hydrogen (secondary N) is 1. The highest BCUT2D eigenvalue weighted by Gasteiger charge is 2.42. The largest absolute Gasteiger partial charge is 0.381 e. The summed E-state index contributed by atoms with van der Waals surface area (Å²) in [7, 11) is -1.14. The fraction of sp³-hybridized carbons (Fsp3) is 1.00. The lowest BCUT2D eigenvalue weighted by Gasteiger charge is -2.38. The first-order valence-corrected chi connectivity index (χ1v) is 9.68. The third kappa shape index (κ3) is 3.55. The lowest BCUT2D eigenvalue weighted by molar-refractivity contribution is 0.0978. The van der Waals surface area contributed by atoms with Crippen LogP contribution in [0.4, 0.5) is 0 Å². The molecule has 0 radical (unpaired) electrons. The highest BCUT2D eigenvalue weighted by molar-refractivity contribution is 7.92. The molecule has 0 aromatic rings. The molecule has 2 rings (SSSR count). The van der Waals surface area contributed by atoms with Crippen molar-refractivity contribution < 1.29 is 13.2 Å². The molecule has 0 amide bonds. The molecule has 4 nitrogen and oxygen atoms in total. The topological polar surface area (TPSA) is 55.4 Å². The molecule has 1 N–H and O–H groups in total. The Hall–Kier alpha value is -0.130. The molecule has 3 atom stereocenters. The van der Waals surface area contributed by atoms with Gasteiger partial charge in [0.15, 0.2) is 9.84 Å². The van der Waals surface area contributed by atoms with Gasteiger partial charge in [-0.25, -0.2) is 8.42 Å². The van der Waals surface area contributed by atoms with E-state index in [1.165, 1.54) is 6.42 Å². The highest BCUT2D eigenvalue weighted by Crippen LogP contribution is 2.35. The van der Waals surface area contributed by atoms with Crippen molar-refractivity contribution in [2.24, 2.45) is 5.92 Å². The molecule has 118 valence electrons. The van der Waals surface area contributed by atoms with Crippen molar-refractivity contribution in [2.45, 2.75) is 68.4 Å². The van der Waals surface area contributed by atoms with Crippen LogP contribution in [0, 0.1) is 5.92 Å². The van der Waals surface area contributed by atoms with Gasteiger partial charge in [0.1, 0.15) is 0 Å². The van der Waals surface area contributed by atoms with E-state index in [0.717, 1.165) is 25.7 Å². The van der Waals surface area contributed by atoms with Gasteiger partial charge >= 0.3 is 0 Å². The van der Waals surface area contributed by atoms with Gasteiger partial charge in [0.05, 0.1) is 10.5 Å². The van der Waals surface area contributed by atoms with Gasteiger partial charge in [-0.2, -0.15) is 0 Å². The molecule has 1 saturated heterocycles. The monoisotopic (exact) mass is 303 g/mol. The summed E-state index contributed by atoms with van der Waals surface area (Å²) in [6, 6.07) is 0.135. The third-order valence-electron chi connectivity index (χ3n) is 5.02. The summed E-state index contributed by atoms with van der Waals surface area (Å²) in [6.45, 7) is 3.38. The zero-order valence-corrected chi connectivity index (χ0v) is 13.6. The van der Waals surface area contributed by atoms with E-state index >= 15 is 0 Å². The van der Waals surface area contributed by atoms with Crippen LogP contribution in [0.15, 0.2) is 0 Å². The van der Waals surface area contributed by atoms with Crippen LogP contribution in [-0.2, 0) is 14.6 Å². The molecule has 0 aromatic carbocycles. The van der Waals surface area contributed by atoms with E-state index in [-0.39, 0.29) is 16.5 Å². The van der Waals surface area contributed by atoms with Gasteiger partial charge in [0.2, 0.25) is 0 Å². The van der Waals surface area contributed by atoms with E-state index in [1.807, 2.05) is 7.05 Å². The van der Waals surface area contributed by atoms with Crippen LogP contribution in [0.1, 0.15) is 51.9 Å². The van der Waals surface area contributed by atoms with Crippen LogP contribution < -0.4 is 5.32 Å². The quantitative estimate of drug-likeness (QED) is 0.845. The first kappa shape index (κ1) is 16.2. The molecule has 5 heteroatoms. The van der Waals surface area contributed by atoms with E-state index in [1.54, 1.807) is 0 Å². The van der Waals surface area contributed by atoms with Crippen LogP contribution >= 0.6 is 0 Å². The smallest absolute Gasteiger partial charge is 0.157 e. The first-order chi connectivity index (χ1) is 9.59. The predicted molar refractivity (Wildman–Crippen MR) is 81.6 cm³/mol. The van der Waals surface area contributed by atoms with Crippen molar-refractivity contribution >= 4 is 9.84 Å². The molecular weight excluding hydrogens is 274 g/mol. The standard InChI is InChI=1S/C15H29NO3S/c1-3-4-12-5-6-14(16-2)15(11-12)20(17,18)13-7-9-19-10-8-13/h12-16H,3-11H2,1-2H3. The number of rotatable bonds is 5. The molecule has 1 saturated carbocycles. The molecule has 0 spiro atoms. The minimum absolute atomic E-state index is 0.135. The van der Waals surface area contributed by atoms with Gasteiger partial charge in [-0.3, -0.25) is 0 Å². The highest BCUT2D eigenvalue weighted by atomic mass is 32.2. The van der Waals surface area contributed by atoms with E-state index < -0.39 is 9.84 Å². The maximum Gasteiger partial charge on any atom is 0.157 e. The van der Waals surface area contributed by atoms with Crippen LogP contribution in [0.3, 0.4) is 0 Å². The van der Waals surface area contributed by atoms with Crippen molar-refractivity contribution in [3.05, 3.63) is 0 Å². The summed E-state index contributed by atoms with van der Waals surface area (Å²) in [6.07, 6.45) is 6.67. The van der Waals surface area contributed by atoms with Crippen molar-refractivity contribution in [2.75, 3.05) is 20.3 Å². The number of ether oxygens (including phenoxy) is 1. The Balaban J connectivity index is 2.12. The Bertz CT molecular complexity index is 390. The molecule has 1 aliphatic heterocycles. The first-order valence-electron chi connectivity index (χ1n) is 8.07. The molecule has 2 fully saturated rings. The van der Waals surface area contributed by atoms with Gasteiger partial charge in [0.25, 0.3) is 0 Å². The summed E-state index contributed by atoms with van der Waals surface area (Å²) >= 11 is 0. The lowest BCUT2D eigenvalue weighted by Crippen LogP contribution is -2.50. The van der Waals surface area contributed by atoms with Crippen molar-refractivity contribution in [3.8, 4) is 0 Å². The average molecular weight is 303 g/mol. The third-order valence-corrected chi connectivity index (χ3v) is 7.79. The molecule has 2 aliphatic rings. The van der Waals surface area contributed by atoms with Crippen molar-refractivity contribution in [1.29, 1.82) is 0 Å². The maximum absolute atomic E-state index is 13.0. The zero-order valence-electron chi connectivity index (χ0n) is 12.8. The van der Waals surface area contributed by atoms with Gasteiger partial charge in [-0.1, -0.05) is 19.8 Å². The molecule has 1 heterocycles. The van der Waals surface area contributed by atoms with Gasteiger partial charge in [-0.05, 0) is 45.1 Å². The average Bonchev–Trinajstić information content (AvgIpc) is 2.48. The SMILES string of the molecule is CCCC1CCC(NC)C(S(=O)(=O)C2CCOCC2)C1. The van der Waals surface area contributed by atoms with Gasteiger partial charge in [-0.15, -0.1) is 0 Å². The minimum Gasteiger partial charge on any atom is -0.381 e. The second-order valence-corrected chi connectivity index (χ2v) is 8.75. The Morgan fingerprint density at radius 1 is 1.15 bits per heavy atom. The Morgan fingerprint density at radius 2 is 1.85 bits per heavy atom. The number of hydrogen-bond donors (Lipinski definition) is 1. The van der Waals surface area contributed by atoms with Crippen molar-refractivity contribution in [1.82, 2.24) is 5.32 Å². The van der Waals surface area contributed by atoms with Gasteiger partial charge < -0.3 is 10.1 Å². The van der Waals surface area contributed by atoms with E-state index in [9.17, 15) is 8.42 Å². The van der Waals surface area contributed by atoms with E-state index in [2.05, 4.69) is 12.2 Å². The van der Waals surface area contributed by atoms with Crippen molar-refractivity contribution in [3.63, 3.8) is 0 Å².